The maximum absolute atomic E-state index is 9.85. The molecule has 1 aliphatic heterocycles. The number of ether oxygens (including phenoxy) is 1. The van der Waals surface area contributed by atoms with Crippen LogP contribution in [0.5, 0.6) is 0 Å². The second kappa shape index (κ2) is 10.7. The molecule has 0 amide bonds. The Kier molecular flexibility index (Phi) is 9.48. The third-order valence-electron chi connectivity index (χ3n) is 3.33. The van der Waals surface area contributed by atoms with Crippen LogP contribution >= 0.6 is 0 Å². The predicted molar refractivity (Wildman–Crippen MR) is 74.9 cm³/mol. The van der Waals surface area contributed by atoms with Crippen LogP contribution in [0.15, 0.2) is 0 Å². The van der Waals surface area contributed by atoms with Crippen LogP contribution < -0.4 is 5.32 Å². The van der Waals surface area contributed by atoms with E-state index in [1.54, 1.807) is 0 Å². The molecule has 0 aromatic heterocycles. The van der Waals surface area contributed by atoms with Crippen LogP contribution in [0.25, 0.3) is 0 Å². The Morgan fingerprint density at radius 2 is 1.94 bits per heavy atom. The van der Waals surface area contributed by atoms with Crippen LogP contribution in [-0.2, 0) is 4.74 Å². The highest BCUT2D eigenvalue weighted by Gasteiger charge is 2.14. The molecule has 1 heterocycles. The molecular formula is C14H30N2O2. The van der Waals surface area contributed by atoms with Crippen molar-refractivity contribution >= 4 is 0 Å². The average molecular weight is 258 g/mol. The normalized spacial score (nSPS) is 18.3. The topological polar surface area (TPSA) is 44.7 Å². The van der Waals surface area contributed by atoms with Crippen LogP contribution in [0.4, 0.5) is 0 Å². The van der Waals surface area contributed by atoms with Crippen LogP contribution in [0, 0.1) is 0 Å². The maximum atomic E-state index is 9.85. The highest BCUT2D eigenvalue weighted by atomic mass is 16.5. The fourth-order valence-corrected chi connectivity index (χ4v) is 2.24. The van der Waals surface area contributed by atoms with Gasteiger partial charge in [0.25, 0.3) is 0 Å². The van der Waals surface area contributed by atoms with E-state index in [1.807, 2.05) is 0 Å². The summed E-state index contributed by atoms with van der Waals surface area (Å²) >= 11 is 0. The van der Waals surface area contributed by atoms with E-state index in [9.17, 15) is 5.11 Å². The lowest BCUT2D eigenvalue weighted by molar-refractivity contribution is 0.116. The summed E-state index contributed by atoms with van der Waals surface area (Å²) in [6.07, 6.45) is 5.72. The Bertz CT molecular complexity index is 185. The molecule has 0 saturated carbocycles. The molecule has 0 bridgehead atoms. The Morgan fingerprint density at radius 3 is 2.67 bits per heavy atom. The van der Waals surface area contributed by atoms with E-state index in [0.717, 1.165) is 52.2 Å². The smallest absolute Gasteiger partial charge is 0.0791 e. The van der Waals surface area contributed by atoms with E-state index in [-0.39, 0.29) is 6.10 Å². The van der Waals surface area contributed by atoms with Gasteiger partial charge in [0.15, 0.2) is 0 Å². The first-order valence-electron chi connectivity index (χ1n) is 7.51. The van der Waals surface area contributed by atoms with Gasteiger partial charge in [0, 0.05) is 26.3 Å². The van der Waals surface area contributed by atoms with Crippen LogP contribution in [-0.4, -0.2) is 62.0 Å². The van der Waals surface area contributed by atoms with Crippen molar-refractivity contribution in [1.82, 2.24) is 10.2 Å². The molecule has 2 N–H and O–H groups in total. The Hall–Kier alpha value is -0.160. The fourth-order valence-electron chi connectivity index (χ4n) is 2.24. The first-order chi connectivity index (χ1) is 8.83. The van der Waals surface area contributed by atoms with Gasteiger partial charge in [-0.1, -0.05) is 13.3 Å². The summed E-state index contributed by atoms with van der Waals surface area (Å²) in [5.74, 6) is 0. The van der Waals surface area contributed by atoms with Gasteiger partial charge in [-0.3, -0.25) is 0 Å². The average Bonchev–Trinajstić information content (AvgIpc) is 2.85. The van der Waals surface area contributed by atoms with Crippen molar-refractivity contribution in [2.24, 2.45) is 0 Å². The Labute approximate surface area is 112 Å². The zero-order valence-electron chi connectivity index (χ0n) is 11.9. The summed E-state index contributed by atoms with van der Waals surface area (Å²) < 4.78 is 5.48. The summed E-state index contributed by atoms with van der Waals surface area (Å²) in [6.45, 7) is 8.65. The van der Waals surface area contributed by atoms with Crippen molar-refractivity contribution in [3.8, 4) is 0 Å². The molecule has 4 heteroatoms. The molecule has 1 fully saturated rings. The van der Waals surface area contributed by atoms with Crippen molar-refractivity contribution in [3.63, 3.8) is 0 Å². The number of unbranched alkanes of at least 4 members (excludes halogenated alkanes) is 1. The lowest BCUT2D eigenvalue weighted by Gasteiger charge is -2.19. The summed E-state index contributed by atoms with van der Waals surface area (Å²) in [5, 5.41) is 13.1. The first kappa shape index (κ1) is 15.9. The standard InChI is InChI=1S/C14H30N2O2/c1-2-3-10-18-11-6-7-15-12-14(17)13-16-8-4-5-9-16/h14-15,17H,2-13H2,1H3. The number of aliphatic hydroxyl groups is 1. The van der Waals surface area contributed by atoms with E-state index in [4.69, 9.17) is 4.74 Å². The van der Waals surface area contributed by atoms with Gasteiger partial charge >= 0.3 is 0 Å². The van der Waals surface area contributed by atoms with E-state index < -0.39 is 0 Å². The molecule has 1 rings (SSSR count). The van der Waals surface area contributed by atoms with Gasteiger partial charge in [-0.15, -0.1) is 0 Å². The second-order valence-electron chi connectivity index (χ2n) is 5.19. The summed E-state index contributed by atoms with van der Waals surface area (Å²) in [4.78, 5) is 2.35. The fraction of sp³-hybridized carbons (Fsp3) is 1.00. The number of hydrogen-bond donors (Lipinski definition) is 2. The van der Waals surface area contributed by atoms with Gasteiger partial charge in [-0.2, -0.15) is 0 Å². The summed E-state index contributed by atoms with van der Waals surface area (Å²) in [5.41, 5.74) is 0. The quantitative estimate of drug-likeness (QED) is 0.547. The molecule has 4 nitrogen and oxygen atoms in total. The van der Waals surface area contributed by atoms with E-state index in [0.29, 0.717) is 6.54 Å². The third-order valence-corrected chi connectivity index (χ3v) is 3.33. The molecule has 108 valence electrons. The van der Waals surface area contributed by atoms with Crippen molar-refractivity contribution in [1.29, 1.82) is 0 Å². The first-order valence-corrected chi connectivity index (χ1v) is 7.51. The molecule has 0 aromatic carbocycles. The minimum absolute atomic E-state index is 0.232. The zero-order chi connectivity index (χ0) is 13.1. The number of aliphatic hydroxyl groups excluding tert-OH is 1. The van der Waals surface area contributed by atoms with Crippen molar-refractivity contribution in [2.75, 3.05) is 45.9 Å². The number of β-amino-alcohol motifs (C(OH)–C–C–N with tert-alkyl or cyclic N) is 1. The largest absolute Gasteiger partial charge is 0.390 e. The zero-order valence-corrected chi connectivity index (χ0v) is 11.9. The molecule has 0 aromatic rings. The van der Waals surface area contributed by atoms with Gasteiger partial charge in [0.2, 0.25) is 0 Å². The number of nitrogens with zero attached hydrogens (tertiary/aromatic N) is 1. The van der Waals surface area contributed by atoms with Crippen LogP contribution in [0.1, 0.15) is 39.0 Å². The van der Waals surface area contributed by atoms with Gasteiger partial charge in [-0.05, 0) is 45.3 Å². The van der Waals surface area contributed by atoms with Crippen molar-refractivity contribution in [3.05, 3.63) is 0 Å². The minimum atomic E-state index is -0.232. The SMILES string of the molecule is CCCCOCCCNCC(O)CN1CCCC1. The molecule has 0 aliphatic carbocycles. The van der Waals surface area contributed by atoms with E-state index >= 15 is 0 Å². The van der Waals surface area contributed by atoms with E-state index in [1.165, 1.54) is 19.3 Å². The lowest BCUT2D eigenvalue weighted by Crippen LogP contribution is -2.37. The van der Waals surface area contributed by atoms with Gasteiger partial charge < -0.3 is 20.1 Å². The summed E-state index contributed by atoms with van der Waals surface area (Å²) in [7, 11) is 0. The number of likely N-dealkylation sites (tertiary alicyclic amines) is 1. The molecule has 1 aliphatic rings. The molecule has 18 heavy (non-hydrogen) atoms. The van der Waals surface area contributed by atoms with Crippen molar-refractivity contribution in [2.45, 2.75) is 45.1 Å². The minimum Gasteiger partial charge on any atom is -0.390 e. The van der Waals surface area contributed by atoms with Crippen LogP contribution in [0.3, 0.4) is 0 Å². The number of hydrogen-bond acceptors (Lipinski definition) is 4. The molecule has 1 unspecified atom stereocenters. The monoisotopic (exact) mass is 258 g/mol. The molecule has 1 atom stereocenters. The number of rotatable bonds is 11. The van der Waals surface area contributed by atoms with Gasteiger partial charge in [-0.25, -0.2) is 0 Å². The number of nitrogens with one attached hydrogen (secondary N) is 1. The highest BCUT2D eigenvalue weighted by Crippen LogP contribution is 2.07. The van der Waals surface area contributed by atoms with Gasteiger partial charge in [0.1, 0.15) is 0 Å². The third kappa shape index (κ3) is 8.03. The summed E-state index contributed by atoms with van der Waals surface area (Å²) in [6, 6.07) is 0. The Morgan fingerprint density at radius 1 is 1.22 bits per heavy atom. The highest BCUT2D eigenvalue weighted by molar-refractivity contribution is 4.71. The van der Waals surface area contributed by atoms with Crippen LogP contribution in [0.2, 0.25) is 0 Å². The van der Waals surface area contributed by atoms with Crippen molar-refractivity contribution < 1.29 is 9.84 Å². The molecular weight excluding hydrogens is 228 g/mol. The van der Waals surface area contributed by atoms with E-state index in [2.05, 4.69) is 17.1 Å². The predicted octanol–water partition coefficient (Wildman–Crippen LogP) is 1.24. The molecule has 0 spiro atoms. The molecule has 1 saturated heterocycles. The lowest BCUT2D eigenvalue weighted by atomic mass is 10.3. The maximum Gasteiger partial charge on any atom is 0.0791 e. The van der Waals surface area contributed by atoms with Gasteiger partial charge in [0.05, 0.1) is 6.10 Å². The molecule has 0 radical (unpaired) electrons. The second-order valence-corrected chi connectivity index (χ2v) is 5.19. The Balaban J connectivity index is 1.81.